The van der Waals surface area contributed by atoms with Gasteiger partial charge in [-0.05, 0) is 65.9 Å². The van der Waals surface area contributed by atoms with Crippen LogP contribution in [0.1, 0.15) is 11.1 Å². The van der Waals surface area contributed by atoms with Crippen molar-refractivity contribution in [1.82, 2.24) is 4.90 Å². The molecule has 4 rings (SSSR count). The third kappa shape index (κ3) is 6.60. The fraction of sp³-hybridized carbons (Fsp3) is 0.115. The highest BCUT2D eigenvalue weighted by Gasteiger charge is 2.36. The molecule has 7 nitrogen and oxygen atoms in total. The number of hydrogen-bond donors (Lipinski definition) is 1. The summed E-state index contributed by atoms with van der Waals surface area (Å²) >= 11 is 18.6. The second-order valence-electron chi connectivity index (χ2n) is 7.88. The van der Waals surface area contributed by atoms with Gasteiger partial charge >= 0.3 is 0 Å². The number of nitrogens with zero attached hydrogens (tertiary/aromatic N) is 1. The Morgan fingerprint density at radius 2 is 1.82 bits per heavy atom. The molecule has 1 heterocycles. The molecule has 0 spiro atoms. The van der Waals surface area contributed by atoms with Gasteiger partial charge in [-0.25, -0.2) is 4.39 Å². The largest absolute Gasteiger partial charge is 0.493 e. The standard InChI is InChI=1S/C26H18Cl3FN2O5S/c1-36-22-8-14(2-7-21(22)37-13-15-3-4-16(27)10-18(15)28)9-23-25(34)32(26(35)38-23)12-24(33)31-17-5-6-20(30)19(29)11-17/h2-11H,12-13H2,1H3,(H,31,33)/b23-9+. The smallest absolute Gasteiger partial charge is 0.294 e. The highest BCUT2D eigenvalue weighted by atomic mass is 35.5. The van der Waals surface area contributed by atoms with E-state index in [-0.39, 0.29) is 22.2 Å². The number of ether oxygens (including phenoxy) is 2. The summed E-state index contributed by atoms with van der Waals surface area (Å²) in [7, 11) is 1.47. The molecule has 196 valence electrons. The minimum Gasteiger partial charge on any atom is -0.493 e. The molecule has 38 heavy (non-hydrogen) atoms. The van der Waals surface area contributed by atoms with Crippen molar-refractivity contribution in [3.8, 4) is 11.5 Å². The Hall–Kier alpha value is -3.24. The molecular formula is C26H18Cl3FN2O5S. The molecule has 1 aliphatic heterocycles. The lowest BCUT2D eigenvalue weighted by Gasteiger charge is -2.13. The van der Waals surface area contributed by atoms with Crippen LogP contribution in [0.3, 0.4) is 0 Å². The number of imide groups is 1. The number of nitrogens with one attached hydrogen (secondary N) is 1. The summed E-state index contributed by atoms with van der Waals surface area (Å²) in [6, 6.07) is 13.7. The van der Waals surface area contributed by atoms with E-state index in [1.54, 1.807) is 36.4 Å². The summed E-state index contributed by atoms with van der Waals surface area (Å²) in [5.74, 6) is -1.05. The van der Waals surface area contributed by atoms with E-state index in [9.17, 15) is 18.8 Å². The molecule has 1 fully saturated rings. The van der Waals surface area contributed by atoms with Gasteiger partial charge in [-0.15, -0.1) is 0 Å². The Labute approximate surface area is 236 Å². The van der Waals surface area contributed by atoms with E-state index in [4.69, 9.17) is 44.3 Å². The zero-order valence-electron chi connectivity index (χ0n) is 19.6. The van der Waals surface area contributed by atoms with Crippen molar-refractivity contribution in [3.05, 3.63) is 91.5 Å². The molecule has 1 N–H and O–H groups in total. The maximum Gasteiger partial charge on any atom is 0.294 e. The first-order chi connectivity index (χ1) is 18.1. The molecule has 3 amide bonds. The molecular weight excluding hydrogens is 578 g/mol. The number of rotatable bonds is 8. The second-order valence-corrected chi connectivity index (χ2v) is 10.1. The first-order valence-electron chi connectivity index (χ1n) is 10.9. The normalized spacial score (nSPS) is 14.2. The van der Waals surface area contributed by atoms with Crippen molar-refractivity contribution < 1.29 is 28.2 Å². The van der Waals surface area contributed by atoms with Gasteiger partial charge in [-0.1, -0.05) is 46.9 Å². The Balaban J connectivity index is 1.43. The van der Waals surface area contributed by atoms with Crippen molar-refractivity contribution >= 4 is 75.4 Å². The summed E-state index contributed by atoms with van der Waals surface area (Å²) in [5, 5.41) is 2.71. The number of anilines is 1. The first kappa shape index (κ1) is 27.8. The second kappa shape index (κ2) is 12.1. The van der Waals surface area contributed by atoms with Gasteiger partial charge < -0.3 is 14.8 Å². The van der Waals surface area contributed by atoms with Crippen LogP contribution >= 0.6 is 46.6 Å². The fourth-order valence-electron chi connectivity index (χ4n) is 3.39. The zero-order valence-corrected chi connectivity index (χ0v) is 22.7. The van der Waals surface area contributed by atoms with Gasteiger partial charge in [0.2, 0.25) is 5.91 Å². The van der Waals surface area contributed by atoms with Crippen LogP contribution in [-0.4, -0.2) is 35.6 Å². The number of carbonyl (C=O) groups is 3. The van der Waals surface area contributed by atoms with Crippen LogP contribution in [0.5, 0.6) is 11.5 Å². The molecule has 3 aromatic carbocycles. The monoisotopic (exact) mass is 594 g/mol. The Bertz CT molecular complexity index is 1470. The summed E-state index contributed by atoms with van der Waals surface area (Å²) in [5.41, 5.74) is 1.55. The number of hydrogen-bond acceptors (Lipinski definition) is 6. The van der Waals surface area contributed by atoms with E-state index in [1.165, 1.54) is 25.3 Å². The van der Waals surface area contributed by atoms with Crippen LogP contribution in [0.25, 0.3) is 6.08 Å². The van der Waals surface area contributed by atoms with Crippen molar-refractivity contribution in [2.45, 2.75) is 6.61 Å². The highest BCUT2D eigenvalue weighted by molar-refractivity contribution is 8.18. The zero-order chi connectivity index (χ0) is 27.4. The van der Waals surface area contributed by atoms with E-state index < -0.39 is 29.4 Å². The SMILES string of the molecule is COc1cc(/C=C2/SC(=O)N(CC(=O)Nc3ccc(F)c(Cl)c3)C2=O)ccc1OCc1ccc(Cl)cc1Cl. The van der Waals surface area contributed by atoms with E-state index in [2.05, 4.69) is 5.32 Å². The van der Waals surface area contributed by atoms with Crippen molar-refractivity contribution in [3.63, 3.8) is 0 Å². The molecule has 1 aliphatic rings. The summed E-state index contributed by atoms with van der Waals surface area (Å²) in [6.07, 6.45) is 1.52. The first-order valence-corrected chi connectivity index (χ1v) is 12.8. The van der Waals surface area contributed by atoms with Crippen molar-refractivity contribution in [1.29, 1.82) is 0 Å². The third-order valence-corrected chi connectivity index (χ3v) is 7.05. The topological polar surface area (TPSA) is 84.9 Å². The van der Waals surface area contributed by atoms with E-state index in [1.807, 2.05) is 0 Å². The molecule has 0 saturated carbocycles. The lowest BCUT2D eigenvalue weighted by atomic mass is 10.1. The maximum atomic E-state index is 13.3. The number of thioether (sulfide) groups is 1. The Kier molecular flexibility index (Phi) is 8.83. The van der Waals surface area contributed by atoms with Gasteiger partial charge in [0.05, 0.1) is 17.0 Å². The van der Waals surface area contributed by atoms with Crippen LogP contribution in [0.2, 0.25) is 15.1 Å². The lowest BCUT2D eigenvalue weighted by molar-refractivity contribution is -0.127. The van der Waals surface area contributed by atoms with E-state index >= 15 is 0 Å². The molecule has 1 saturated heterocycles. The fourth-order valence-corrected chi connectivity index (χ4v) is 4.88. The maximum absolute atomic E-state index is 13.3. The van der Waals surface area contributed by atoms with Crippen molar-refractivity contribution in [2.75, 3.05) is 19.0 Å². The number of halogens is 4. The molecule has 0 atom stereocenters. The number of methoxy groups -OCH3 is 1. The number of carbonyl (C=O) groups excluding carboxylic acids is 3. The number of amides is 3. The molecule has 3 aromatic rings. The predicted octanol–water partition coefficient (Wildman–Crippen LogP) is 7.05. The molecule has 0 aliphatic carbocycles. The minimum absolute atomic E-state index is 0.135. The quantitative estimate of drug-likeness (QED) is 0.281. The van der Waals surface area contributed by atoms with Gasteiger partial charge in [0.25, 0.3) is 11.1 Å². The molecule has 0 bridgehead atoms. The van der Waals surface area contributed by atoms with Crippen LogP contribution in [0.15, 0.2) is 59.5 Å². The summed E-state index contributed by atoms with van der Waals surface area (Å²) in [6.45, 7) is -0.336. The Morgan fingerprint density at radius 3 is 2.53 bits per heavy atom. The van der Waals surface area contributed by atoms with Gasteiger partial charge in [0.1, 0.15) is 19.0 Å². The van der Waals surface area contributed by atoms with E-state index in [0.29, 0.717) is 38.9 Å². The van der Waals surface area contributed by atoms with Gasteiger partial charge in [0.15, 0.2) is 11.5 Å². The van der Waals surface area contributed by atoms with Crippen LogP contribution < -0.4 is 14.8 Å². The average Bonchev–Trinajstić information content (AvgIpc) is 3.13. The van der Waals surface area contributed by atoms with Crippen molar-refractivity contribution in [2.24, 2.45) is 0 Å². The third-order valence-electron chi connectivity index (χ3n) is 5.26. The van der Waals surface area contributed by atoms with Crippen LogP contribution in [-0.2, 0) is 16.2 Å². The molecule has 12 heteroatoms. The van der Waals surface area contributed by atoms with Gasteiger partial charge in [0, 0.05) is 21.3 Å². The van der Waals surface area contributed by atoms with Crippen LogP contribution in [0.4, 0.5) is 14.9 Å². The minimum atomic E-state index is -0.639. The summed E-state index contributed by atoms with van der Waals surface area (Å²) < 4.78 is 24.6. The molecule has 0 radical (unpaired) electrons. The lowest BCUT2D eigenvalue weighted by Crippen LogP contribution is -2.36. The number of benzene rings is 3. The van der Waals surface area contributed by atoms with Crippen LogP contribution in [0, 0.1) is 5.82 Å². The molecule has 0 aromatic heterocycles. The highest BCUT2D eigenvalue weighted by Crippen LogP contribution is 2.35. The van der Waals surface area contributed by atoms with Gasteiger partial charge in [-0.2, -0.15) is 0 Å². The predicted molar refractivity (Wildman–Crippen MR) is 147 cm³/mol. The molecule has 0 unspecified atom stereocenters. The van der Waals surface area contributed by atoms with Gasteiger partial charge in [-0.3, -0.25) is 19.3 Å². The average molecular weight is 596 g/mol. The summed E-state index contributed by atoms with van der Waals surface area (Å²) in [4.78, 5) is 38.6. The van der Waals surface area contributed by atoms with E-state index in [0.717, 1.165) is 16.5 Å². The Morgan fingerprint density at radius 1 is 1.03 bits per heavy atom.